The van der Waals surface area contributed by atoms with E-state index in [0.717, 1.165) is 14.7 Å². The minimum Gasteiger partial charge on any atom is -0.493 e. The van der Waals surface area contributed by atoms with Crippen LogP contribution in [0, 0.1) is 21.8 Å². The number of carbonyl (C=O) groups excluding carboxylic acids is 1. The number of nitrogens with one attached hydrogen (secondary N) is 1. The van der Waals surface area contributed by atoms with E-state index in [1.165, 1.54) is 6.08 Å². The molecular weight excluding hydrogens is 583 g/mol. The lowest BCUT2D eigenvalue weighted by atomic mass is 10.1. The van der Waals surface area contributed by atoms with Crippen molar-refractivity contribution in [2.75, 3.05) is 12.4 Å². The predicted molar refractivity (Wildman–Crippen MR) is 138 cm³/mol. The molecule has 7 heteroatoms. The molecule has 0 bridgehead atoms. The summed E-state index contributed by atoms with van der Waals surface area (Å²) in [5, 5.41) is 12.3. The Morgan fingerprint density at radius 3 is 2.47 bits per heavy atom. The number of nitriles is 1. The van der Waals surface area contributed by atoms with Crippen molar-refractivity contribution in [2.45, 2.75) is 13.5 Å². The molecule has 3 rings (SSSR count). The lowest BCUT2D eigenvalue weighted by Gasteiger charge is -2.14. The van der Waals surface area contributed by atoms with Crippen molar-refractivity contribution >= 4 is 56.2 Å². The van der Waals surface area contributed by atoms with Crippen LogP contribution >= 0.6 is 38.5 Å². The third-order valence-electron chi connectivity index (χ3n) is 4.53. The predicted octanol–water partition coefficient (Wildman–Crippen LogP) is 6.50. The zero-order valence-corrected chi connectivity index (χ0v) is 21.2. The molecule has 0 atom stereocenters. The fraction of sp³-hybridized carbons (Fsp3) is 0.120. The molecule has 5 nitrogen and oxygen atoms in total. The standard InChI is InChI=1S/C25H20BrIN2O3/c1-16-3-9-21(10-4-16)29-25(30)19(14-28)11-18-12-22(26)24(23(13-18)31-2)32-15-17-5-7-20(27)8-6-17/h3-13H,15H2,1-2H3,(H,29,30)/b19-11+. The van der Waals surface area contributed by atoms with Crippen LogP contribution < -0.4 is 14.8 Å². The van der Waals surface area contributed by atoms with E-state index in [2.05, 4.69) is 43.8 Å². The van der Waals surface area contributed by atoms with Gasteiger partial charge in [0.1, 0.15) is 18.2 Å². The molecule has 3 aromatic rings. The summed E-state index contributed by atoms with van der Waals surface area (Å²) in [7, 11) is 1.54. The van der Waals surface area contributed by atoms with Gasteiger partial charge in [0.05, 0.1) is 11.6 Å². The molecule has 3 aromatic carbocycles. The molecule has 0 spiro atoms. The first-order valence-corrected chi connectivity index (χ1v) is 11.5. The molecule has 0 heterocycles. The fourth-order valence-electron chi connectivity index (χ4n) is 2.85. The van der Waals surface area contributed by atoms with Crippen LogP contribution in [0.4, 0.5) is 5.69 Å². The molecule has 0 saturated heterocycles. The molecule has 0 radical (unpaired) electrons. The minimum absolute atomic E-state index is 0.0212. The van der Waals surface area contributed by atoms with Crippen LogP contribution in [0.15, 0.2) is 70.7 Å². The van der Waals surface area contributed by atoms with Gasteiger partial charge in [-0.15, -0.1) is 0 Å². The molecule has 1 amide bonds. The van der Waals surface area contributed by atoms with Crippen LogP contribution in [0.25, 0.3) is 6.08 Å². The Kier molecular flexibility index (Phi) is 8.31. The zero-order valence-electron chi connectivity index (χ0n) is 17.5. The highest BCUT2D eigenvalue weighted by Crippen LogP contribution is 2.37. The van der Waals surface area contributed by atoms with Gasteiger partial charge in [0, 0.05) is 9.26 Å². The molecule has 32 heavy (non-hydrogen) atoms. The number of anilines is 1. The Balaban J connectivity index is 1.80. The third kappa shape index (κ3) is 6.34. The Hall–Kier alpha value is -2.83. The van der Waals surface area contributed by atoms with E-state index in [0.29, 0.717) is 33.8 Å². The van der Waals surface area contributed by atoms with Gasteiger partial charge in [0.2, 0.25) is 0 Å². The van der Waals surface area contributed by atoms with Gasteiger partial charge in [-0.1, -0.05) is 29.8 Å². The van der Waals surface area contributed by atoms with Crippen molar-refractivity contribution < 1.29 is 14.3 Å². The second-order valence-electron chi connectivity index (χ2n) is 6.94. The Bertz CT molecular complexity index is 1180. The first kappa shape index (κ1) is 23.8. The van der Waals surface area contributed by atoms with Crippen molar-refractivity contribution in [2.24, 2.45) is 0 Å². The highest BCUT2D eigenvalue weighted by Gasteiger charge is 2.14. The van der Waals surface area contributed by atoms with Crippen LogP contribution in [0.2, 0.25) is 0 Å². The first-order valence-electron chi connectivity index (χ1n) is 9.64. The smallest absolute Gasteiger partial charge is 0.266 e. The molecule has 0 aliphatic carbocycles. The summed E-state index contributed by atoms with van der Waals surface area (Å²) in [5.41, 5.74) is 3.35. The van der Waals surface area contributed by atoms with Crippen molar-refractivity contribution in [3.05, 3.63) is 91.0 Å². The van der Waals surface area contributed by atoms with E-state index in [1.54, 1.807) is 31.4 Å². The number of hydrogen-bond acceptors (Lipinski definition) is 4. The monoisotopic (exact) mass is 602 g/mol. The number of methoxy groups -OCH3 is 1. The summed E-state index contributed by atoms with van der Waals surface area (Å²) in [5.74, 6) is 0.559. The Morgan fingerprint density at radius 2 is 1.84 bits per heavy atom. The minimum atomic E-state index is -0.481. The van der Waals surface area contributed by atoms with Crippen LogP contribution in [-0.2, 0) is 11.4 Å². The highest BCUT2D eigenvalue weighted by atomic mass is 127. The molecule has 0 fully saturated rings. The van der Waals surface area contributed by atoms with Crippen molar-refractivity contribution in [3.8, 4) is 17.6 Å². The number of carbonyl (C=O) groups is 1. The lowest BCUT2D eigenvalue weighted by Crippen LogP contribution is -2.13. The summed E-state index contributed by atoms with van der Waals surface area (Å²) >= 11 is 5.77. The van der Waals surface area contributed by atoms with Crippen LogP contribution in [0.5, 0.6) is 11.5 Å². The van der Waals surface area contributed by atoms with Gasteiger partial charge in [-0.05, 0) is 99.0 Å². The number of aryl methyl sites for hydroxylation is 1. The van der Waals surface area contributed by atoms with Crippen molar-refractivity contribution in [3.63, 3.8) is 0 Å². The topological polar surface area (TPSA) is 71.3 Å². The van der Waals surface area contributed by atoms with Gasteiger partial charge in [0.25, 0.3) is 5.91 Å². The molecule has 0 aromatic heterocycles. The van der Waals surface area contributed by atoms with Gasteiger partial charge in [0.15, 0.2) is 11.5 Å². The highest BCUT2D eigenvalue weighted by molar-refractivity contribution is 14.1. The van der Waals surface area contributed by atoms with E-state index in [1.807, 2.05) is 49.4 Å². The van der Waals surface area contributed by atoms with Crippen LogP contribution in [0.3, 0.4) is 0 Å². The maximum atomic E-state index is 12.6. The average molecular weight is 603 g/mol. The summed E-state index contributed by atoms with van der Waals surface area (Å²) in [4.78, 5) is 12.6. The summed E-state index contributed by atoms with van der Waals surface area (Å²) in [6, 6.07) is 20.9. The van der Waals surface area contributed by atoms with Gasteiger partial charge in [-0.3, -0.25) is 4.79 Å². The number of ether oxygens (including phenoxy) is 2. The van der Waals surface area contributed by atoms with Gasteiger partial charge >= 0.3 is 0 Å². The SMILES string of the molecule is COc1cc(/C=C(\C#N)C(=O)Nc2ccc(C)cc2)cc(Br)c1OCc1ccc(I)cc1. The van der Waals surface area contributed by atoms with Crippen molar-refractivity contribution in [1.82, 2.24) is 0 Å². The molecule has 1 N–H and O–H groups in total. The van der Waals surface area contributed by atoms with Crippen LogP contribution in [-0.4, -0.2) is 13.0 Å². The molecule has 0 aliphatic rings. The van der Waals surface area contributed by atoms with E-state index in [9.17, 15) is 10.1 Å². The summed E-state index contributed by atoms with van der Waals surface area (Å²) in [6.07, 6.45) is 1.51. The number of hydrogen-bond donors (Lipinski definition) is 1. The number of amides is 1. The van der Waals surface area contributed by atoms with E-state index < -0.39 is 5.91 Å². The number of halogens is 2. The third-order valence-corrected chi connectivity index (χ3v) is 5.84. The fourth-order valence-corrected chi connectivity index (χ4v) is 3.78. The zero-order chi connectivity index (χ0) is 23.1. The van der Waals surface area contributed by atoms with E-state index in [-0.39, 0.29) is 5.57 Å². The number of benzene rings is 3. The normalized spacial score (nSPS) is 10.9. The average Bonchev–Trinajstić information content (AvgIpc) is 2.79. The Labute approximate surface area is 209 Å². The molecule has 162 valence electrons. The lowest BCUT2D eigenvalue weighted by molar-refractivity contribution is -0.112. The summed E-state index contributed by atoms with van der Waals surface area (Å²) in [6.45, 7) is 2.34. The van der Waals surface area contributed by atoms with Gasteiger partial charge < -0.3 is 14.8 Å². The van der Waals surface area contributed by atoms with Gasteiger partial charge in [-0.2, -0.15) is 5.26 Å². The second kappa shape index (κ2) is 11.2. The van der Waals surface area contributed by atoms with Gasteiger partial charge in [-0.25, -0.2) is 0 Å². The molecule has 0 unspecified atom stereocenters. The maximum absolute atomic E-state index is 12.6. The molecular formula is C25H20BrIN2O3. The number of rotatable bonds is 7. The quantitative estimate of drug-likeness (QED) is 0.190. The van der Waals surface area contributed by atoms with Crippen LogP contribution in [0.1, 0.15) is 16.7 Å². The van der Waals surface area contributed by atoms with E-state index in [4.69, 9.17) is 9.47 Å². The maximum Gasteiger partial charge on any atom is 0.266 e. The largest absolute Gasteiger partial charge is 0.493 e. The molecule has 0 saturated carbocycles. The number of nitrogens with zero attached hydrogens (tertiary/aromatic N) is 1. The van der Waals surface area contributed by atoms with E-state index >= 15 is 0 Å². The first-order chi connectivity index (χ1) is 15.4. The second-order valence-corrected chi connectivity index (χ2v) is 9.04. The summed E-state index contributed by atoms with van der Waals surface area (Å²) < 4.78 is 13.3. The molecule has 0 aliphatic heterocycles. The Morgan fingerprint density at radius 1 is 1.16 bits per heavy atom. The van der Waals surface area contributed by atoms with Crippen molar-refractivity contribution in [1.29, 1.82) is 5.26 Å².